The molecule has 0 bridgehead atoms. The number of terminal acetylenes is 2. The van der Waals surface area contributed by atoms with Crippen molar-refractivity contribution in [3.63, 3.8) is 0 Å². The number of hydrogen-bond acceptors (Lipinski definition) is 5. The van der Waals surface area contributed by atoms with Gasteiger partial charge in [0, 0.05) is 18.1 Å². The van der Waals surface area contributed by atoms with E-state index >= 15 is 0 Å². The van der Waals surface area contributed by atoms with Crippen molar-refractivity contribution in [1.82, 2.24) is 5.43 Å². The maximum Gasteiger partial charge on any atom is 0.332 e. The highest BCUT2D eigenvalue weighted by molar-refractivity contribution is 6.05. The molecule has 7 heteroatoms. The van der Waals surface area contributed by atoms with Gasteiger partial charge in [-0.05, 0) is 19.9 Å². The Morgan fingerprint density at radius 1 is 1.32 bits per heavy atom. The maximum absolute atomic E-state index is 11.0. The van der Waals surface area contributed by atoms with Crippen molar-refractivity contribution in [2.75, 3.05) is 13.2 Å². The molecule has 1 aromatic carbocycles. The number of carbonyl (C=O) groups is 1. The van der Waals surface area contributed by atoms with Gasteiger partial charge in [0.1, 0.15) is 24.6 Å². The number of hydrogen-bond donors (Lipinski definition) is 2. The van der Waals surface area contributed by atoms with Crippen LogP contribution in [-0.2, 0) is 0 Å². The maximum atomic E-state index is 11.0. The first-order chi connectivity index (χ1) is 11.9. The number of primary amides is 1. The molecule has 0 saturated heterocycles. The number of carbonyl (C=O) groups excluding carboxylic acids is 1. The third-order valence-corrected chi connectivity index (χ3v) is 3.26. The van der Waals surface area contributed by atoms with Gasteiger partial charge in [0.2, 0.25) is 0 Å². The summed E-state index contributed by atoms with van der Waals surface area (Å²) >= 11 is 0. The lowest BCUT2D eigenvalue weighted by Crippen LogP contribution is -2.37. The van der Waals surface area contributed by atoms with Gasteiger partial charge in [-0.3, -0.25) is 0 Å². The van der Waals surface area contributed by atoms with Crippen LogP contribution in [0.5, 0.6) is 17.2 Å². The molecule has 0 aromatic heterocycles. The predicted octanol–water partition coefficient (Wildman–Crippen LogP) is 1.64. The fraction of sp³-hybridized carbons (Fsp3) is 0.333. The van der Waals surface area contributed by atoms with Crippen LogP contribution in [0.1, 0.15) is 25.8 Å². The van der Waals surface area contributed by atoms with Gasteiger partial charge >= 0.3 is 6.03 Å². The summed E-state index contributed by atoms with van der Waals surface area (Å²) in [5.74, 6) is 6.13. The normalized spacial score (nSPS) is 15.9. The summed E-state index contributed by atoms with van der Waals surface area (Å²) in [5, 5.41) is 4.08. The van der Waals surface area contributed by atoms with E-state index in [0.29, 0.717) is 34.9 Å². The number of fused-ring (bicyclic) bond motifs is 1. The highest BCUT2D eigenvalue weighted by atomic mass is 16.5. The molecule has 0 saturated carbocycles. The Labute approximate surface area is 146 Å². The minimum absolute atomic E-state index is 0.0591. The third-order valence-electron chi connectivity index (χ3n) is 3.26. The number of benzene rings is 1. The molecular weight excluding hydrogens is 322 g/mol. The molecule has 0 fully saturated rings. The number of amides is 2. The van der Waals surface area contributed by atoms with Crippen LogP contribution in [0, 0.1) is 24.7 Å². The molecule has 2 rings (SSSR count). The molecule has 1 aliphatic heterocycles. The molecule has 0 radical (unpaired) electrons. The SMILES string of the molecule is C#CCOc1cc2c(cc1OCC#C)/C(=N\NC(N)=O)CC(C)(C)O2. The summed E-state index contributed by atoms with van der Waals surface area (Å²) in [4.78, 5) is 11.0. The van der Waals surface area contributed by atoms with E-state index in [2.05, 4.69) is 22.4 Å². The molecule has 0 unspecified atom stereocenters. The van der Waals surface area contributed by atoms with Crippen molar-refractivity contribution < 1.29 is 19.0 Å². The first kappa shape index (κ1) is 18.0. The van der Waals surface area contributed by atoms with Crippen LogP contribution >= 0.6 is 0 Å². The first-order valence-corrected chi connectivity index (χ1v) is 7.48. The zero-order valence-corrected chi connectivity index (χ0v) is 14.1. The van der Waals surface area contributed by atoms with Crippen molar-refractivity contribution in [2.24, 2.45) is 10.8 Å². The second kappa shape index (κ2) is 7.50. The topological polar surface area (TPSA) is 95.2 Å². The Morgan fingerprint density at radius 3 is 2.48 bits per heavy atom. The fourth-order valence-corrected chi connectivity index (χ4v) is 2.37. The Morgan fingerprint density at radius 2 is 1.92 bits per heavy atom. The zero-order chi connectivity index (χ0) is 18.4. The molecule has 3 N–H and O–H groups in total. The van der Waals surface area contributed by atoms with Crippen molar-refractivity contribution in [1.29, 1.82) is 0 Å². The Bertz CT molecular complexity index is 785. The Balaban J connectivity index is 2.51. The smallest absolute Gasteiger partial charge is 0.332 e. The van der Waals surface area contributed by atoms with Crippen molar-refractivity contribution >= 4 is 11.7 Å². The monoisotopic (exact) mass is 341 g/mol. The molecule has 1 aromatic rings. The average Bonchev–Trinajstić information content (AvgIpc) is 2.54. The van der Waals surface area contributed by atoms with Crippen molar-refractivity contribution in [3.05, 3.63) is 17.7 Å². The lowest BCUT2D eigenvalue weighted by molar-refractivity contribution is 0.110. The fourth-order valence-electron chi connectivity index (χ4n) is 2.37. The summed E-state index contributed by atoms with van der Waals surface area (Å²) in [7, 11) is 0. The molecule has 25 heavy (non-hydrogen) atoms. The summed E-state index contributed by atoms with van der Waals surface area (Å²) in [6.45, 7) is 3.93. The molecule has 0 atom stereocenters. The van der Waals surface area contributed by atoms with E-state index in [1.54, 1.807) is 12.1 Å². The van der Waals surface area contributed by atoms with Crippen LogP contribution in [0.25, 0.3) is 0 Å². The first-order valence-electron chi connectivity index (χ1n) is 7.48. The molecule has 130 valence electrons. The van der Waals surface area contributed by atoms with Crippen molar-refractivity contribution in [3.8, 4) is 41.9 Å². The molecule has 0 spiro atoms. The average molecular weight is 341 g/mol. The number of nitrogens with one attached hydrogen (secondary N) is 1. The van der Waals surface area contributed by atoms with Crippen LogP contribution in [0.4, 0.5) is 4.79 Å². The number of hydrazone groups is 1. The lowest BCUT2D eigenvalue weighted by atomic mass is 9.92. The van der Waals surface area contributed by atoms with E-state index in [4.69, 9.17) is 32.8 Å². The van der Waals surface area contributed by atoms with Gasteiger partial charge in [0.15, 0.2) is 11.5 Å². The van der Waals surface area contributed by atoms with Crippen LogP contribution in [-0.4, -0.2) is 30.6 Å². The number of urea groups is 1. The van der Waals surface area contributed by atoms with Gasteiger partial charge in [-0.1, -0.05) is 11.8 Å². The quantitative estimate of drug-likeness (QED) is 0.629. The standard InChI is InChI=1S/C18H19N3O4/c1-5-7-23-15-9-12-13(20-21-17(19)22)11-18(3,4)25-14(12)10-16(15)24-8-6-2/h1-2,9-10H,7-8,11H2,3-4H3,(H3,19,21,22)/b20-13-. The number of nitrogens with two attached hydrogens (primary N) is 1. The molecule has 1 aliphatic rings. The summed E-state index contributed by atoms with van der Waals surface area (Å²) in [5.41, 5.74) is 8.05. The number of ether oxygens (including phenoxy) is 3. The Hall–Kier alpha value is -3.32. The minimum atomic E-state index is -0.754. The van der Waals surface area contributed by atoms with Crippen LogP contribution in [0.3, 0.4) is 0 Å². The van der Waals surface area contributed by atoms with Crippen LogP contribution < -0.4 is 25.4 Å². The van der Waals surface area contributed by atoms with Gasteiger partial charge in [-0.2, -0.15) is 5.10 Å². The molecule has 2 amide bonds. The third kappa shape index (κ3) is 4.58. The van der Waals surface area contributed by atoms with Gasteiger partial charge in [0.25, 0.3) is 0 Å². The van der Waals surface area contributed by atoms with E-state index in [1.165, 1.54) is 0 Å². The zero-order valence-electron chi connectivity index (χ0n) is 14.1. The molecule has 7 nitrogen and oxygen atoms in total. The van der Waals surface area contributed by atoms with E-state index in [1.807, 2.05) is 13.8 Å². The summed E-state index contributed by atoms with van der Waals surface area (Å²) < 4.78 is 17.0. The van der Waals surface area contributed by atoms with Gasteiger partial charge in [-0.15, -0.1) is 12.8 Å². The highest BCUT2D eigenvalue weighted by Gasteiger charge is 2.33. The summed E-state index contributed by atoms with van der Waals surface area (Å²) in [6, 6.07) is 2.60. The van der Waals surface area contributed by atoms with E-state index in [0.717, 1.165) is 0 Å². The van der Waals surface area contributed by atoms with E-state index in [9.17, 15) is 4.79 Å². The lowest BCUT2D eigenvalue weighted by Gasteiger charge is -2.33. The number of rotatable bonds is 5. The Kier molecular flexibility index (Phi) is 5.41. The highest BCUT2D eigenvalue weighted by Crippen LogP contribution is 2.41. The molecular formula is C18H19N3O4. The molecule has 1 heterocycles. The predicted molar refractivity (Wildman–Crippen MR) is 93.7 cm³/mol. The molecule has 0 aliphatic carbocycles. The number of nitrogens with zero attached hydrogens (tertiary/aromatic N) is 1. The second-order valence-corrected chi connectivity index (χ2v) is 5.85. The van der Waals surface area contributed by atoms with Gasteiger partial charge in [-0.25, -0.2) is 10.2 Å². The minimum Gasteiger partial charge on any atom is -0.487 e. The summed E-state index contributed by atoms with van der Waals surface area (Å²) in [6.07, 6.45) is 11.0. The van der Waals surface area contributed by atoms with Gasteiger partial charge < -0.3 is 19.9 Å². The van der Waals surface area contributed by atoms with Crippen LogP contribution in [0.2, 0.25) is 0 Å². The van der Waals surface area contributed by atoms with Crippen molar-refractivity contribution in [2.45, 2.75) is 25.9 Å². The largest absolute Gasteiger partial charge is 0.487 e. The second-order valence-electron chi connectivity index (χ2n) is 5.85. The van der Waals surface area contributed by atoms with E-state index in [-0.39, 0.29) is 13.2 Å². The van der Waals surface area contributed by atoms with Crippen LogP contribution in [0.15, 0.2) is 17.2 Å². The van der Waals surface area contributed by atoms with Gasteiger partial charge in [0.05, 0.1) is 5.71 Å². The van der Waals surface area contributed by atoms with E-state index < -0.39 is 11.6 Å².